The lowest BCUT2D eigenvalue weighted by Crippen LogP contribution is -2.43. The van der Waals surface area contributed by atoms with Crippen LogP contribution in [0.2, 0.25) is 0 Å². The van der Waals surface area contributed by atoms with Gasteiger partial charge in [-0.3, -0.25) is 9.78 Å². The number of carbonyl (C=O) groups is 2. The first kappa shape index (κ1) is 22.7. The summed E-state index contributed by atoms with van der Waals surface area (Å²) in [4.78, 5) is 30.9. The highest BCUT2D eigenvalue weighted by molar-refractivity contribution is 7.92. The fourth-order valence-electron chi connectivity index (χ4n) is 3.16. The van der Waals surface area contributed by atoms with E-state index in [0.717, 1.165) is 17.0 Å². The first-order chi connectivity index (χ1) is 14.3. The average Bonchev–Trinajstić information content (AvgIpc) is 2.87. The predicted octanol–water partition coefficient (Wildman–Crippen LogP) is 2.61. The van der Waals surface area contributed by atoms with Crippen LogP contribution in [0.5, 0.6) is 0 Å². The average molecular weight is 457 g/mol. The second-order valence-electron chi connectivity index (χ2n) is 7.31. The Hall–Kier alpha value is -2.99. The third kappa shape index (κ3) is 3.76. The van der Waals surface area contributed by atoms with Gasteiger partial charge >= 0.3 is 11.5 Å². The van der Waals surface area contributed by atoms with Crippen molar-refractivity contribution in [2.75, 3.05) is 4.90 Å². The summed E-state index contributed by atoms with van der Waals surface area (Å²) in [5.41, 5.74) is -5.80. The highest BCUT2D eigenvalue weighted by atomic mass is 32.2. The lowest BCUT2D eigenvalue weighted by Gasteiger charge is -2.28. The quantitative estimate of drug-likeness (QED) is 0.692. The number of carbonyl (C=O) groups excluding carboxylic acids is 2. The Morgan fingerprint density at radius 2 is 1.68 bits per heavy atom. The smallest absolute Gasteiger partial charge is 0.392 e. The molecule has 1 aromatic carbocycles. The van der Waals surface area contributed by atoms with E-state index in [1.54, 1.807) is 6.07 Å². The maximum Gasteiger partial charge on any atom is 0.501 e. The van der Waals surface area contributed by atoms with Crippen molar-refractivity contribution in [2.24, 2.45) is 0 Å². The third-order valence-corrected chi connectivity index (χ3v) is 6.54. The van der Waals surface area contributed by atoms with Gasteiger partial charge in [0.1, 0.15) is 5.54 Å². The standard InChI is InChI=1S/C19H18F3N3O5S/c1-18(2)16(27)25(14-3-5-15(6-4-14)31(29,30)19(20,21)22)17(28)24(18)10-12-7-8-23-9-13(12)11-26/h3-9,26H,10-11H2,1-2H3. The number of halogens is 3. The molecule has 0 atom stereocenters. The number of amides is 3. The SMILES string of the molecule is CC1(C)C(=O)N(c2ccc(S(=O)(=O)C(F)(F)F)cc2)C(=O)N1Cc1ccncc1CO. The summed E-state index contributed by atoms with van der Waals surface area (Å²) in [6.45, 7) is 2.68. The summed E-state index contributed by atoms with van der Waals surface area (Å²) < 4.78 is 61.2. The molecule has 0 radical (unpaired) electrons. The number of urea groups is 1. The Balaban J connectivity index is 1.95. The summed E-state index contributed by atoms with van der Waals surface area (Å²) in [5, 5.41) is 9.47. The number of nitrogens with zero attached hydrogens (tertiary/aromatic N) is 3. The van der Waals surface area contributed by atoms with Gasteiger partial charge in [0.2, 0.25) is 0 Å². The summed E-state index contributed by atoms with van der Waals surface area (Å²) in [6, 6.07) is 4.20. The van der Waals surface area contributed by atoms with Crippen molar-refractivity contribution in [3.8, 4) is 0 Å². The number of rotatable bonds is 5. The van der Waals surface area contributed by atoms with Crippen LogP contribution in [-0.4, -0.2) is 46.4 Å². The number of imide groups is 1. The van der Waals surface area contributed by atoms with E-state index in [2.05, 4.69) is 4.98 Å². The molecular formula is C19H18F3N3O5S. The van der Waals surface area contributed by atoms with E-state index >= 15 is 0 Å². The first-order valence-electron chi connectivity index (χ1n) is 8.92. The van der Waals surface area contributed by atoms with E-state index < -0.39 is 37.7 Å². The van der Waals surface area contributed by atoms with Crippen molar-refractivity contribution in [3.63, 3.8) is 0 Å². The topological polar surface area (TPSA) is 108 Å². The minimum absolute atomic E-state index is 0.0208. The largest absolute Gasteiger partial charge is 0.501 e. The molecule has 0 aliphatic carbocycles. The molecule has 0 unspecified atom stereocenters. The third-order valence-electron chi connectivity index (χ3n) is 5.04. The summed E-state index contributed by atoms with van der Waals surface area (Å²) in [6.07, 6.45) is 2.91. The van der Waals surface area contributed by atoms with Gasteiger partial charge in [-0.05, 0) is 49.7 Å². The number of aliphatic hydroxyl groups excluding tert-OH is 1. The van der Waals surface area contributed by atoms with E-state index in [-0.39, 0.29) is 18.8 Å². The molecule has 1 saturated heterocycles. The van der Waals surface area contributed by atoms with E-state index in [9.17, 15) is 36.3 Å². The lowest BCUT2D eigenvalue weighted by atomic mass is 10.0. The molecule has 8 nitrogen and oxygen atoms in total. The number of anilines is 1. The Morgan fingerprint density at radius 3 is 2.23 bits per heavy atom. The number of sulfone groups is 1. The second kappa shape index (κ2) is 7.61. The molecule has 3 rings (SSSR count). The van der Waals surface area contributed by atoms with E-state index in [0.29, 0.717) is 23.3 Å². The molecule has 1 N–H and O–H groups in total. The molecule has 2 aromatic rings. The van der Waals surface area contributed by atoms with Crippen LogP contribution in [0.1, 0.15) is 25.0 Å². The number of aromatic nitrogens is 1. The van der Waals surface area contributed by atoms with Gasteiger partial charge in [-0.2, -0.15) is 13.2 Å². The molecule has 1 aromatic heterocycles. The van der Waals surface area contributed by atoms with Gasteiger partial charge in [-0.25, -0.2) is 18.1 Å². The van der Waals surface area contributed by atoms with Crippen LogP contribution in [0.15, 0.2) is 47.6 Å². The number of hydrogen-bond acceptors (Lipinski definition) is 6. The van der Waals surface area contributed by atoms with Gasteiger partial charge in [0.25, 0.3) is 15.7 Å². The van der Waals surface area contributed by atoms with Crippen LogP contribution < -0.4 is 4.90 Å². The van der Waals surface area contributed by atoms with Crippen LogP contribution >= 0.6 is 0 Å². The maximum atomic E-state index is 13.0. The van der Waals surface area contributed by atoms with Crippen LogP contribution in [-0.2, 0) is 27.8 Å². The normalized spacial score (nSPS) is 16.8. The number of aliphatic hydroxyl groups is 1. The van der Waals surface area contributed by atoms with Crippen molar-refractivity contribution in [2.45, 2.75) is 42.9 Å². The van der Waals surface area contributed by atoms with Gasteiger partial charge in [0, 0.05) is 24.5 Å². The highest BCUT2D eigenvalue weighted by Gasteiger charge is 2.52. The number of pyridine rings is 1. The molecule has 1 aliphatic heterocycles. The zero-order chi connectivity index (χ0) is 23.2. The van der Waals surface area contributed by atoms with Crippen molar-refractivity contribution in [3.05, 3.63) is 53.9 Å². The van der Waals surface area contributed by atoms with Gasteiger partial charge in [-0.15, -0.1) is 0 Å². The van der Waals surface area contributed by atoms with Gasteiger partial charge in [0.05, 0.1) is 17.2 Å². The summed E-state index contributed by atoms with van der Waals surface area (Å²) in [5.74, 6) is -0.636. The van der Waals surface area contributed by atoms with Gasteiger partial charge < -0.3 is 10.0 Å². The fourth-order valence-corrected chi connectivity index (χ4v) is 3.92. The second-order valence-corrected chi connectivity index (χ2v) is 9.26. The van der Waals surface area contributed by atoms with Gasteiger partial charge in [0.15, 0.2) is 0 Å². The Kier molecular flexibility index (Phi) is 5.57. The molecule has 12 heteroatoms. The maximum absolute atomic E-state index is 13.0. The highest BCUT2D eigenvalue weighted by Crippen LogP contribution is 2.35. The Labute approximate surface area is 175 Å². The molecule has 1 aliphatic rings. The molecule has 31 heavy (non-hydrogen) atoms. The Bertz CT molecular complexity index is 1130. The molecule has 166 valence electrons. The summed E-state index contributed by atoms with van der Waals surface area (Å²) >= 11 is 0. The van der Waals surface area contributed by atoms with Crippen LogP contribution in [0.4, 0.5) is 23.7 Å². The molecule has 2 heterocycles. The number of hydrogen-bond donors (Lipinski definition) is 1. The van der Waals surface area contributed by atoms with Crippen molar-refractivity contribution in [1.29, 1.82) is 0 Å². The Morgan fingerprint density at radius 1 is 1.06 bits per heavy atom. The molecule has 0 spiro atoms. The summed E-state index contributed by atoms with van der Waals surface area (Å²) in [7, 11) is -5.55. The molecule has 0 bridgehead atoms. The minimum Gasteiger partial charge on any atom is -0.392 e. The van der Waals surface area contributed by atoms with Gasteiger partial charge in [-0.1, -0.05) is 0 Å². The van der Waals surface area contributed by atoms with Crippen molar-refractivity contribution < 1.29 is 36.3 Å². The van der Waals surface area contributed by atoms with E-state index in [1.807, 2.05) is 0 Å². The zero-order valence-corrected chi connectivity index (χ0v) is 17.2. The van der Waals surface area contributed by atoms with E-state index in [1.165, 1.54) is 31.1 Å². The zero-order valence-electron chi connectivity index (χ0n) is 16.4. The number of alkyl halides is 3. The molecule has 0 saturated carbocycles. The fraction of sp³-hybridized carbons (Fsp3) is 0.316. The minimum atomic E-state index is -5.55. The van der Waals surface area contributed by atoms with Crippen LogP contribution in [0.3, 0.4) is 0 Å². The predicted molar refractivity (Wildman–Crippen MR) is 102 cm³/mol. The molecule has 3 amide bonds. The monoisotopic (exact) mass is 457 g/mol. The van der Waals surface area contributed by atoms with Crippen LogP contribution in [0.25, 0.3) is 0 Å². The van der Waals surface area contributed by atoms with Crippen molar-refractivity contribution in [1.82, 2.24) is 9.88 Å². The molecular weight excluding hydrogens is 439 g/mol. The lowest BCUT2D eigenvalue weighted by molar-refractivity contribution is -0.123. The number of benzene rings is 1. The van der Waals surface area contributed by atoms with Crippen molar-refractivity contribution >= 4 is 27.5 Å². The van der Waals surface area contributed by atoms with E-state index in [4.69, 9.17) is 0 Å². The molecule has 1 fully saturated rings. The first-order valence-corrected chi connectivity index (χ1v) is 10.4. The van der Waals surface area contributed by atoms with Crippen LogP contribution in [0, 0.1) is 0 Å².